The number of aromatic hydroxyl groups is 2. The van der Waals surface area contributed by atoms with Crippen molar-refractivity contribution in [1.29, 1.82) is 0 Å². The average Bonchev–Trinajstić information content (AvgIpc) is 3.02. The summed E-state index contributed by atoms with van der Waals surface area (Å²) < 4.78 is 5.77. The Kier molecular flexibility index (Phi) is 6.37. The number of amides is 2. The molecule has 0 spiro atoms. The fourth-order valence-electron chi connectivity index (χ4n) is 3.39. The molecule has 3 N–H and O–H groups in total. The van der Waals surface area contributed by atoms with E-state index >= 15 is 0 Å². The second kappa shape index (κ2) is 8.78. The number of carbonyl (C=O) groups excluding carboxylic acids is 2. The van der Waals surface area contributed by atoms with Crippen molar-refractivity contribution in [2.45, 2.75) is 45.3 Å². The minimum Gasteiger partial charge on any atom is -0.507 e. The van der Waals surface area contributed by atoms with Crippen LogP contribution in [0.4, 0.5) is 4.79 Å². The number of hydrogen-bond acceptors (Lipinski definition) is 6. The monoisotopic (exact) mass is 415 g/mol. The highest BCUT2D eigenvalue weighted by molar-refractivity contribution is 8.15. The molecule has 29 heavy (non-hydrogen) atoms. The number of nitrogens with one attached hydrogen (secondary N) is 1. The molecule has 1 aliphatic rings. The Hall–Kier alpha value is -2.67. The Morgan fingerprint density at radius 2 is 1.66 bits per heavy atom. The van der Waals surface area contributed by atoms with Gasteiger partial charge in [0, 0.05) is 5.56 Å². The maximum atomic E-state index is 11.6. The summed E-state index contributed by atoms with van der Waals surface area (Å²) in [6, 6.07) is 7.48. The molecule has 1 saturated heterocycles. The number of thioether (sulfide) groups is 1. The lowest BCUT2D eigenvalue weighted by molar-refractivity contribution is -0.118. The molecule has 0 aromatic heterocycles. The van der Waals surface area contributed by atoms with E-state index in [4.69, 9.17) is 4.74 Å². The predicted molar refractivity (Wildman–Crippen MR) is 113 cm³/mol. The molecule has 1 heterocycles. The molecule has 3 rings (SSSR count). The molecule has 2 aromatic carbocycles. The Bertz CT molecular complexity index is 910. The smallest absolute Gasteiger partial charge is 0.286 e. The minimum atomic E-state index is -0.375. The van der Waals surface area contributed by atoms with E-state index in [0.29, 0.717) is 42.6 Å². The zero-order valence-electron chi connectivity index (χ0n) is 16.7. The fraction of sp³-hybridized carbons (Fsp3) is 0.364. The molecule has 154 valence electrons. The first-order valence-electron chi connectivity index (χ1n) is 9.51. The summed E-state index contributed by atoms with van der Waals surface area (Å²) in [6.45, 7) is 5.88. The summed E-state index contributed by atoms with van der Waals surface area (Å²) in [6.07, 6.45) is 1.79. The average molecular weight is 416 g/mol. The molecule has 6 nitrogen and oxygen atoms in total. The van der Waals surface area contributed by atoms with Crippen LogP contribution in [0, 0.1) is 20.8 Å². The standard InChI is InChI=1S/C22H25NO5S/c1-12-13(2)20(25)17(14(3)19(12)24)5-4-10-28-16-8-6-15(7-9-16)11-18-21(26)23-22(27)29-18/h6-9,18,24-25H,4-5,10-11H2,1-3H3,(H,23,26,27). The van der Waals surface area contributed by atoms with Crippen LogP contribution >= 0.6 is 11.8 Å². The van der Waals surface area contributed by atoms with E-state index in [0.717, 1.165) is 28.6 Å². The zero-order chi connectivity index (χ0) is 21.1. The molecule has 0 aliphatic carbocycles. The minimum absolute atomic E-state index is 0.239. The van der Waals surface area contributed by atoms with Crippen LogP contribution in [0.15, 0.2) is 24.3 Å². The Balaban J connectivity index is 1.52. The van der Waals surface area contributed by atoms with Gasteiger partial charge >= 0.3 is 0 Å². The van der Waals surface area contributed by atoms with Gasteiger partial charge in [-0.3, -0.25) is 14.9 Å². The van der Waals surface area contributed by atoms with Gasteiger partial charge in [-0.15, -0.1) is 0 Å². The molecule has 0 bridgehead atoms. The molecule has 1 unspecified atom stereocenters. The normalized spacial score (nSPS) is 16.2. The van der Waals surface area contributed by atoms with Crippen LogP contribution in [-0.4, -0.2) is 33.2 Å². The number of rotatable bonds is 7. The molecule has 7 heteroatoms. The van der Waals surface area contributed by atoms with E-state index in [9.17, 15) is 19.8 Å². The Morgan fingerprint density at radius 1 is 1.00 bits per heavy atom. The first-order valence-corrected chi connectivity index (χ1v) is 10.4. The predicted octanol–water partition coefficient (Wildman–Crippen LogP) is 3.93. The highest BCUT2D eigenvalue weighted by atomic mass is 32.2. The molecule has 0 saturated carbocycles. The lowest BCUT2D eigenvalue weighted by atomic mass is 9.95. The first kappa shape index (κ1) is 21.0. The van der Waals surface area contributed by atoms with Gasteiger partial charge in [0.25, 0.3) is 5.24 Å². The molecule has 2 aromatic rings. The largest absolute Gasteiger partial charge is 0.507 e. The maximum absolute atomic E-state index is 11.6. The summed E-state index contributed by atoms with van der Waals surface area (Å²) in [7, 11) is 0. The number of ether oxygens (including phenoxy) is 1. The molecule has 1 atom stereocenters. The van der Waals surface area contributed by atoms with Crippen LogP contribution in [0.5, 0.6) is 17.2 Å². The van der Waals surface area contributed by atoms with Crippen molar-refractivity contribution in [3.8, 4) is 17.2 Å². The fourth-order valence-corrected chi connectivity index (χ4v) is 4.25. The summed E-state index contributed by atoms with van der Waals surface area (Å²) in [5.41, 5.74) is 3.84. The van der Waals surface area contributed by atoms with Crippen molar-refractivity contribution >= 4 is 22.9 Å². The molecule has 1 fully saturated rings. The van der Waals surface area contributed by atoms with Gasteiger partial charge in [0.05, 0.1) is 11.9 Å². The maximum Gasteiger partial charge on any atom is 0.286 e. The molecular formula is C22H25NO5S. The third kappa shape index (κ3) is 4.67. The Labute approximate surface area is 174 Å². The number of imide groups is 1. The SMILES string of the molecule is Cc1c(C)c(O)c(CCCOc2ccc(CC3SC(=O)NC3=O)cc2)c(C)c1O. The van der Waals surface area contributed by atoms with Crippen molar-refractivity contribution in [2.24, 2.45) is 0 Å². The highest BCUT2D eigenvalue weighted by Gasteiger charge is 2.31. The number of hydrogen-bond donors (Lipinski definition) is 3. The topological polar surface area (TPSA) is 95.9 Å². The van der Waals surface area contributed by atoms with E-state index < -0.39 is 0 Å². The zero-order valence-corrected chi connectivity index (χ0v) is 17.6. The van der Waals surface area contributed by atoms with Gasteiger partial charge in [0.15, 0.2) is 0 Å². The van der Waals surface area contributed by atoms with Crippen molar-refractivity contribution in [2.75, 3.05) is 6.61 Å². The van der Waals surface area contributed by atoms with Gasteiger partial charge in [-0.25, -0.2) is 0 Å². The van der Waals surface area contributed by atoms with Crippen molar-refractivity contribution in [3.05, 3.63) is 52.1 Å². The van der Waals surface area contributed by atoms with Crippen LogP contribution < -0.4 is 10.1 Å². The number of benzene rings is 2. The van der Waals surface area contributed by atoms with Crippen LogP contribution in [-0.2, 0) is 17.6 Å². The molecule has 2 amide bonds. The van der Waals surface area contributed by atoms with Crippen molar-refractivity contribution in [1.82, 2.24) is 5.32 Å². The highest BCUT2D eigenvalue weighted by Crippen LogP contribution is 2.36. The third-order valence-electron chi connectivity index (χ3n) is 5.32. The quantitative estimate of drug-likeness (QED) is 0.468. The van der Waals surface area contributed by atoms with Crippen molar-refractivity contribution in [3.63, 3.8) is 0 Å². The van der Waals surface area contributed by atoms with Crippen LogP contribution in [0.25, 0.3) is 0 Å². The lowest BCUT2D eigenvalue weighted by Gasteiger charge is -2.16. The van der Waals surface area contributed by atoms with Gasteiger partial charge in [-0.2, -0.15) is 0 Å². The number of phenols is 2. The van der Waals surface area contributed by atoms with Crippen LogP contribution in [0.3, 0.4) is 0 Å². The summed E-state index contributed by atoms with van der Waals surface area (Å²) >= 11 is 1.02. The second-order valence-electron chi connectivity index (χ2n) is 7.23. The van der Waals surface area contributed by atoms with Crippen molar-refractivity contribution < 1.29 is 24.5 Å². The second-order valence-corrected chi connectivity index (χ2v) is 8.41. The van der Waals surface area contributed by atoms with Gasteiger partial charge in [0.1, 0.15) is 17.2 Å². The summed E-state index contributed by atoms with van der Waals surface area (Å²) in [4.78, 5) is 22.9. The van der Waals surface area contributed by atoms with E-state index in [1.807, 2.05) is 31.2 Å². The number of phenolic OH excluding ortho intramolecular Hbond substituents is 2. The van der Waals surface area contributed by atoms with E-state index in [1.165, 1.54) is 0 Å². The van der Waals surface area contributed by atoms with Gasteiger partial charge in [0.2, 0.25) is 5.91 Å². The first-order chi connectivity index (χ1) is 13.8. The van der Waals surface area contributed by atoms with E-state index in [1.54, 1.807) is 13.8 Å². The molecule has 1 aliphatic heterocycles. The Morgan fingerprint density at radius 3 is 2.28 bits per heavy atom. The number of carbonyl (C=O) groups is 2. The van der Waals surface area contributed by atoms with E-state index in [2.05, 4.69) is 5.32 Å². The molecular weight excluding hydrogens is 390 g/mol. The van der Waals surface area contributed by atoms with Crippen LogP contribution in [0.2, 0.25) is 0 Å². The van der Waals surface area contributed by atoms with Gasteiger partial charge < -0.3 is 14.9 Å². The van der Waals surface area contributed by atoms with E-state index in [-0.39, 0.29) is 27.9 Å². The third-order valence-corrected chi connectivity index (χ3v) is 6.30. The van der Waals surface area contributed by atoms with Gasteiger partial charge in [-0.05, 0) is 74.4 Å². The van der Waals surface area contributed by atoms with Crippen LogP contribution in [0.1, 0.15) is 34.2 Å². The molecule has 0 radical (unpaired) electrons. The summed E-state index contributed by atoms with van der Waals surface area (Å²) in [5, 5.41) is 22.2. The summed E-state index contributed by atoms with van der Waals surface area (Å²) in [5.74, 6) is 0.963. The van der Waals surface area contributed by atoms with Gasteiger partial charge in [-0.1, -0.05) is 23.9 Å². The lowest BCUT2D eigenvalue weighted by Crippen LogP contribution is -2.25.